The number of hydrogen-bond donors (Lipinski definition) is 1. The number of carbonyl (C=O) groups excluding carboxylic acids is 1. The molecule has 1 amide bonds. The van der Waals surface area contributed by atoms with E-state index in [2.05, 4.69) is 26.2 Å². The molecule has 7 heteroatoms. The van der Waals surface area contributed by atoms with Gasteiger partial charge in [0.1, 0.15) is 11.6 Å². The number of halogens is 2. The molecule has 3 rings (SSSR count). The molecule has 0 aliphatic rings. The molecule has 0 aliphatic carbocycles. The molecule has 0 saturated carbocycles. The summed E-state index contributed by atoms with van der Waals surface area (Å²) < 4.78 is 19.7. The van der Waals surface area contributed by atoms with Crippen LogP contribution in [0.3, 0.4) is 0 Å². The molecule has 0 radical (unpaired) electrons. The Morgan fingerprint density at radius 3 is 2.50 bits per heavy atom. The van der Waals surface area contributed by atoms with Crippen molar-refractivity contribution in [3.8, 4) is 5.75 Å². The predicted molar refractivity (Wildman–Crippen MR) is 94.7 cm³/mol. The molecule has 0 saturated heterocycles. The lowest BCUT2D eigenvalue weighted by Gasteiger charge is -2.18. The molecule has 122 valence electrons. The molecular formula is C17H12BrFN2O2S. The summed E-state index contributed by atoms with van der Waals surface area (Å²) in [6.45, 7) is 0. The molecule has 0 aliphatic heterocycles. The van der Waals surface area contributed by atoms with Crippen molar-refractivity contribution in [2.75, 3.05) is 5.32 Å². The lowest BCUT2D eigenvalue weighted by Crippen LogP contribution is -2.25. The van der Waals surface area contributed by atoms with Gasteiger partial charge in [0.15, 0.2) is 5.13 Å². The number of hydrogen-bond acceptors (Lipinski definition) is 4. The lowest BCUT2D eigenvalue weighted by atomic mass is 10.1. The van der Waals surface area contributed by atoms with E-state index < -0.39 is 6.10 Å². The Labute approximate surface area is 150 Å². The summed E-state index contributed by atoms with van der Waals surface area (Å²) in [4.78, 5) is 16.7. The highest BCUT2D eigenvalue weighted by atomic mass is 79.9. The van der Waals surface area contributed by atoms with Crippen molar-refractivity contribution in [3.63, 3.8) is 0 Å². The minimum atomic E-state index is -0.882. The van der Waals surface area contributed by atoms with Gasteiger partial charge in [-0.1, -0.05) is 28.1 Å². The van der Waals surface area contributed by atoms with Crippen LogP contribution in [0.15, 0.2) is 64.6 Å². The van der Waals surface area contributed by atoms with Gasteiger partial charge in [0.25, 0.3) is 5.91 Å². The second-order valence-electron chi connectivity index (χ2n) is 4.83. The Kier molecular flexibility index (Phi) is 5.22. The largest absolute Gasteiger partial charge is 0.476 e. The molecule has 1 atom stereocenters. The van der Waals surface area contributed by atoms with Crippen LogP contribution in [0, 0.1) is 5.82 Å². The Hall–Kier alpha value is -2.25. The maximum atomic E-state index is 13.1. The first-order valence-electron chi connectivity index (χ1n) is 7.00. The number of rotatable bonds is 5. The molecule has 1 heterocycles. The zero-order valence-corrected chi connectivity index (χ0v) is 14.7. The van der Waals surface area contributed by atoms with E-state index in [0.29, 0.717) is 16.4 Å². The van der Waals surface area contributed by atoms with Crippen molar-refractivity contribution in [2.45, 2.75) is 6.10 Å². The van der Waals surface area contributed by atoms with E-state index in [1.165, 1.54) is 35.6 Å². The Balaban J connectivity index is 1.86. The molecule has 1 unspecified atom stereocenters. The van der Waals surface area contributed by atoms with Gasteiger partial charge in [-0.15, -0.1) is 11.3 Å². The summed E-state index contributed by atoms with van der Waals surface area (Å²) in [5.41, 5.74) is 0.677. The third-order valence-electron chi connectivity index (χ3n) is 3.14. The van der Waals surface area contributed by atoms with Crippen molar-refractivity contribution in [2.24, 2.45) is 0 Å². The molecule has 1 aromatic heterocycles. The lowest BCUT2D eigenvalue weighted by molar-refractivity contribution is -0.123. The number of nitrogens with zero attached hydrogens (tertiary/aromatic N) is 1. The fourth-order valence-electron chi connectivity index (χ4n) is 2.02. The van der Waals surface area contributed by atoms with Gasteiger partial charge in [0, 0.05) is 21.6 Å². The van der Waals surface area contributed by atoms with Crippen molar-refractivity contribution in [3.05, 3.63) is 76.0 Å². The highest BCUT2D eigenvalue weighted by Gasteiger charge is 2.23. The summed E-state index contributed by atoms with van der Waals surface area (Å²) in [7, 11) is 0. The first kappa shape index (κ1) is 16.6. The molecule has 0 spiro atoms. The number of thiazole rings is 1. The van der Waals surface area contributed by atoms with Gasteiger partial charge in [-0.05, 0) is 36.4 Å². The fourth-order valence-corrected chi connectivity index (χ4v) is 2.81. The van der Waals surface area contributed by atoms with E-state index in [4.69, 9.17) is 4.74 Å². The van der Waals surface area contributed by atoms with E-state index >= 15 is 0 Å². The van der Waals surface area contributed by atoms with Crippen molar-refractivity contribution in [1.29, 1.82) is 0 Å². The number of nitrogens with one attached hydrogen (secondary N) is 1. The van der Waals surface area contributed by atoms with Gasteiger partial charge in [0.2, 0.25) is 6.10 Å². The quantitative estimate of drug-likeness (QED) is 0.661. The van der Waals surface area contributed by atoms with Crippen molar-refractivity contribution in [1.82, 2.24) is 4.98 Å². The van der Waals surface area contributed by atoms with Crippen LogP contribution in [-0.2, 0) is 4.79 Å². The Bertz CT molecular complexity index is 808. The van der Waals surface area contributed by atoms with E-state index in [0.717, 1.165) is 4.47 Å². The van der Waals surface area contributed by atoms with Gasteiger partial charge in [-0.3, -0.25) is 10.1 Å². The standard InChI is InChI=1S/C17H12BrFN2O2S/c18-12-3-1-11(2-4-12)15(16(22)21-17-20-9-10-24-17)23-14-7-5-13(19)6-8-14/h1-10,15H,(H,20,21,22). The van der Waals surface area contributed by atoms with Crippen LogP contribution in [0.25, 0.3) is 0 Å². The molecule has 1 N–H and O–H groups in total. The first-order chi connectivity index (χ1) is 11.6. The average Bonchev–Trinajstić information content (AvgIpc) is 3.08. The van der Waals surface area contributed by atoms with E-state index in [9.17, 15) is 9.18 Å². The normalized spacial score (nSPS) is 11.8. The second-order valence-corrected chi connectivity index (χ2v) is 6.64. The third-order valence-corrected chi connectivity index (χ3v) is 4.36. The Morgan fingerprint density at radius 1 is 1.17 bits per heavy atom. The first-order valence-corrected chi connectivity index (χ1v) is 8.67. The van der Waals surface area contributed by atoms with Crippen LogP contribution in [0.2, 0.25) is 0 Å². The van der Waals surface area contributed by atoms with Gasteiger partial charge >= 0.3 is 0 Å². The van der Waals surface area contributed by atoms with Gasteiger partial charge in [-0.2, -0.15) is 0 Å². The second kappa shape index (κ2) is 7.55. The average molecular weight is 407 g/mol. The number of ether oxygens (including phenoxy) is 1. The van der Waals surface area contributed by atoms with Crippen LogP contribution in [0.4, 0.5) is 9.52 Å². The zero-order valence-electron chi connectivity index (χ0n) is 12.3. The number of benzene rings is 2. The van der Waals surface area contributed by atoms with Crippen LogP contribution in [-0.4, -0.2) is 10.9 Å². The molecule has 2 aromatic carbocycles. The van der Waals surface area contributed by atoms with Crippen LogP contribution < -0.4 is 10.1 Å². The smallest absolute Gasteiger partial charge is 0.271 e. The van der Waals surface area contributed by atoms with Gasteiger partial charge < -0.3 is 4.74 Å². The number of aromatic nitrogens is 1. The topological polar surface area (TPSA) is 51.2 Å². The summed E-state index contributed by atoms with van der Waals surface area (Å²) in [6.07, 6.45) is 0.725. The predicted octanol–water partition coefficient (Wildman–Crippen LogP) is 4.80. The summed E-state index contributed by atoms with van der Waals surface area (Å²) in [5.74, 6) is -0.315. The molecule has 3 aromatic rings. The molecule has 4 nitrogen and oxygen atoms in total. The monoisotopic (exact) mass is 406 g/mol. The van der Waals surface area contributed by atoms with Gasteiger partial charge in [-0.25, -0.2) is 9.37 Å². The Morgan fingerprint density at radius 2 is 1.88 bits per heavy atom. The maximum Gasteiger partial charge on any atom is 0.271 e. The van der Waals surface area contributed by atoms with Gasteiger partial charge in [0.05, 0.1) is 0 Å². The van der Waals surface area contributed by atoms with E-state index in [-0.39, 0.29) is 11.7 Å². The van der Waals surface area contributed by atoms with E-state index in [1.54, 1.807) is 23.7 Å². The summed E-state index contributed by atoms with van der Waals surface area (Å²) in [6, 6.07) is 12.8. The van der Waals surface area contributed by atoms with E-state index in [1.807, 2.05) is 12.1 Å². The highest BCUT2D eigenvalue weighted by Crippen LogP contribution is 2.25. The number of amides is 1. The number of anilines is 1. The molecule has 0 fully saturated rings. The number of carbonyl (C=O) groups is 1. The van der Waals surface area contributed by atoms with Crippen LogP contribution in [0.1, 0.15) is 11.7 Å². The molecule has 24 heavy (non-hydrogen) atoms. The van der Waals surface area contributed by atoms with Crippen LogP contribution in [0.5, 0.6) is 5.75 Å². The minimum absolute atomic E-state index is 0.350. The SMILES string of the molecule is O=C(Nc1nccs1)C(Oc1ccc(F)cc1)c1ccc(Br)cc1. The fraction of sp³-hybridized carbons (Fsp3) is 0.0588. The highest BCUT2D eigenvalue weighted by molar-refractivity contribution is 9.10. The molecular weight excluding hydrogens is 395 g/mol. The maximum absolute atomic E-state index is 13.1. The van der Waals surface area contributed by atoms with Crippen LogP contribution >= 0.6 is 27.3 Å². The molecule has 0 bridgehead atoms. The zero-order chi connectivity index (χ0) is 16.9. The summed E-state index contributed by atoms with van der Waals surface area (Å²) >= 11 is 4.68. The van der Waals surface area contributed by atoms with Crippen molar-refractivity contribution < 1.29 is 13.9 Å². The summed E-state index contributed by atoms with van der Waals surface area (Å²) in [5, 5.41) is 4.98. The van der Waals surface area contributed by atoms with Crippen molar-refractivity contribution >= 4 is 38.3 Å². The third kappa shape index (κ3) is 4.18. The minimum Gasteiger partial charge on any atom is -0.476 e.